The number of carbonyl (C=O) groups excluding carboxylic acids is 2. The number of rotatable bonds is 6. The molecular formula is C28H22MnN4O6. The van der Waals surface area contributed by atoms with Gasteiger partial charge < -0.3 is 20.4 Å². The zero-order chi connectivity index (χ0) is 27.3. The van der Waals surface area contributed by atoms with E-state index in [1.807, 2.05) is 0 Å². The smallest absolute Gasteiger partial charge is 0.872 e. The van der Waals surface area contributed by atoms with E-state index < -0.39 is 11.8 Å². The predicted octanol–water partition coefficient (Wildman–Crippen LogP) is 2.46. The van der Waals surface area contributed by atoms with Crippen molar-refractivity contribution in [2.75, 3.05) is 0 Å². The van der Waals surface area contributed by atoms with E-state index in [1.165, 1.54) is 48.8 Å². The van der Waals surface area contributed by atoms with Crippen LogP contribution in [0.1, 0.15) is 31.8 Å². The maximum Gasteiger partial charge on any atom is 2.00 e. The number of nitrogens with one attached hydrogen (secondary N) is 2. The summed E-state index contributed by atoms with van der Waals surface area (Å²) in [6.07, 6.45) is 2.53. The van der Waals surface area contributed by atoms with Gasteiger partial charge in [0.25, 0.3) is 11.8 Å². The Labute approximate surface area is 234 Å². The van der Waals surface area contributed by atoms with Crippen LogP contribution in [-0.4, -0.2) is 34.5 Å². The van der Waals surface area contributed by atoms with Crippen molar-refractivity contribution in [1.29, 1.82) is 0 Å². The summed E-state index contributed by atoms with van der Waals surface area (Å²) in [5, 5.41) is 49.1. The number of nitrogens with zero attached hydrogens (tertiary/aromatic N) is 2. The molecule has 0 atom stereocenters. The molecule has 0 saturated heterocycles. The molecule has 4 aromatic rings. The van der Waals surface area contributed by atoms with Gasteiger partial charge in [-0.2, -0.15) is 10.2 Å². The van der Waals surface area contributed by atoms with Crippen LogP contribution in [-0.2, 0) is 17.1 Å². The fourth-order valence-electron chi connectivity index (χ4n) is 2.95. The number of benzene rings is 4. The quantitative estimate of drug-likeness (QED) is 0.159. The van der Waals surface area contributed by atoms with Crippen molar-refractivity contribution in [2.24, 2.45) is 10.2 Å². The van der Waals surface area contributed by atoms with E-state index >= 15 is 0 Å². The maximum absolute atomic E-state index is 11.7. The average molecular weight is 565 g/mol. The van der Waals surface area contributed by atoms with Gasteiger partial charge in [-0.1, -0.05) is 84.3 Å². The van der Waals surface area contributed by atoms with Crippen molar-refractivity contribution in [2.45, 2.75) is 0 Å². The van der Waals surface area contributed by atoms with Crippen LogP contribution in [0.3, 0.4) is 0 Å². The Kier molecular flexibility index (Phi) is 11.7. The minimum atomic E-state index is -0.544. The van der Waals surface area contributed by atoms with Gasteiger partial charge in [0.05, 0.1) is 23.6 Å². The Morgan fingerprint density at radius 1 is 0.590 bits per heavy atom. The first-order valence-electron chi connectivity index (χ1n) is 11.1. The molecule has 0 spiro atoms. The Morgan fingerprint density at radius 3 is 1.28 bits per heavy atom. The number of para-hydroxylation sites is 4. The van der Waals surface area contributed by atoms with Crippen LogP contribution in [0.5, 0.6) is 23.0 Å². The Morgan fingerprint density at radius 2 is 0.923 bits per heavy atom. The van der Waals surface area contributed by atoms with Crippen LogP contribution in [0.15, 0.2) is 107 Å². The number of aromatic hydroxyl groups is 2. The second-order valence-electron chi connectivity index (χ2n) is 7.51. The third-order valence-corrected chi connectivity index (χ3v) is 4.87. The minimum absolute atomic E-state index is 0. The van der Waals surface area contributed by atoms with Crippen LogP contribution in [0.4, 0.5) is 0 Å². The predicted molar refractivity (Wildman–Crippen MR) is 138 cm³/mol. The zero-order valence-electron chi connectivity index (χ0n) is 20.2. The summed E-state index contributed by atoms with van der Waals surface area (Å²) in [5.74, 6) is -1.69. The molecule has 0 fully saturated rings. The van der Waals surface area contributed by atoms with Gasteiger partial charge in [-0.3, -0.25) is 9.59 Å². The number of hydrogen-bond donors (Lipinski definition) is 4. The van der Waals surface area contributed by atoms with E-state index in [2.05, 4.69) is 21.1 Å². The van der Waals surface area contributed by atoms with Crippen LogP contribution in [0.25, 0.3) is 0 Å². The van der Waals surface area contributed by atoms with Crippen molar-refractivity contribution in [3.63, 3.8) is 0 Å². The molecule has 4 aromatic carbocycles. The molecule has 0 aromatic heterocycles. The summed E-state index contributed by atoms with van der Waals surface area (Å²) in [4.78, 5) is 23.4. The molecule has 10 nitrogen and oxygen atoms in total. The normalized spacial score (nSPS) is 10.3. The van der Waals surface area contributed by atoms with Gasteiger partial charge in [-0.25, -0.2) is 10.9 Å². The number of phenols is 2. The average Bonchev–Trinajstić information content (AvgIpc) is 2.91. The van der Waals surface area contributed by atoms with Crippen molar-refractivity contribution < 1.29 is 47.1 Å². The molecule has 0 aliphatic rings. The second-order valence-corrected chi connectivity index (χ2v) is 7.51. The van der Waals surface area contributed by atoms with Gasteiger partial charge in [0.15, 0.2) is 0 Å². The first-order chi connectivity index (χ1) is 18.4. The van der Waals surface area contributed by atoms with E-state index in [0.29, 0.717) is 11.1 Å². The molecule has 0 saturated carbocycles. The van der Waals surface area contributed by atoms with E-state index in [1.54, 1.807) is 60.7 Å². The topological polar surface area (TPSA) is 169 Å². The van der Waals surface area contributed by atoms with E-state index in [-0.39, 0.29) is 51.2 Å². The fourth-order valence-corrected chi connectivity index (χ4v) is 2.95. The van der Waals surface area contributed by atoms with Crippen molar-refractivity contribution >= 4 is 24.2 Å². The maximum atomic E-state index is 11.7. The number of phenolic OH excluding ortho intramolecular Hbond substituents is 2. The molecule has 0 aliphatic carbocycles. The Bertz CT molecular complexity index is 1360. The summed E-state index contributed by atoms with van der Waals surface area (Å²) < 4.78 is 0. The number of carbonyl (C=O) groups is 2. The SMILES string of the molecule is O=C(N/N=C\c1ccccc1[O-])c1ccccc1O.O=C(NN=Cc1ccccc1[O-])c1ccccc1O.[Mn+2]. The fraction of sp³-hybridized carbons (Fsp3) is 0. The van der Waals surface area contributed by atoms with Crippen LogP contribution in [0.2, 0.25) is 0 Å². The molecule has 39 heavy (non-hydrogen) atoms. The van der Waals surface area contributed by atoms with Crippen molar-refractivity contribution in [3.05, 3.63) is 119 Å². The number of hydrazone groups is 2. The summed E-state index contributed by atoms with van der Waals surface area (Å²) in [7, 11) is 0. The molecule has 1 radical (unpaired) electrons. The van der Waals surface area contributed by atoms with Crippen molar-refractivity contribution in [3.8, 4) is 23.0 Å². The minimum Gasteiger partial charge on any atom is -0.872 e. The van der Waals surface area contributed by atoms with Gasteiger partial charge in [-0.15, -0.1) is 0 Å². The molecule has 0 heterocycles. The number of hydrogen-bond acceptors (Lipinski definition) is 8. The summed E-state index contributed by atoms with van der Waals surface area (Å²) in [6.45, 7) is 0. The van der Waals surface area contributed by atoms with Gasteiger partial charge in [0.1, 0.15) is 11.5 Å². The van der Waals surface area contributed by atoms with Crippen LogP contribution in [0, 0.1) is 0 Å². The van der Waals surface area contributed by atoms with E-state index in [9.17, 15) is 30.0 Å². The number of amides is 2. The molecular weight excluding hydrogens is 543 g/mol. The van der Waals surface area contributed by atoms with Crippen molar-refractivity contribution in [1.82, 2.24) is 10.9 Å². The summed E-state index contributed by atoms with van der Waals surface area (Å²) in [6, 6.07) is 24.9. The summed E-state index contributed by atoms with van der Waals surface area (Å²) >= 11 is 0. The molecule has 4 N–H and O–H groups in total. The first kappa shape index (κ1) is 30.1. The van der Waals surface area contributed by atoms with Crippen LogP contribution >= 0.6 is 0 Å². The standard InChI is InChI=1S/2C14H12N2O3.Mn/c2*17-12-7-3-1-5-10(12)9-15-16-14(19)11-6-2-4-8-13(11)18;/h2*1-9,17-18H,(H,16,19);/q;;+2/p-2/b15-9-;;. The molecule has 0 bridgehead atoms. The second kappa shape index (κ2) is 15.2. The van der Waals surface area contributed by atoms with Gasteiger partial charge >= 0.3 is 17.1 Å². The first-order valence-corrected chi connectivity index (χ1v) is 11.1. The molecule has 2 amide bonds. The zero-order valence-corrected chi connectivity index (χ0v) is 21.4. The Balaban J connectivity index is 0.000000267. The monoisotopic (exact) mass is 565 g/mol. The van der Waals surface area contributed by atoms with Gasteiger partial charge in [-0.05, 0) is 35.4 Å². The van der Waals surface area contributed by atoms with Gasteiger partial charge in [0.2, 0.25) is 0 Å². The molecule has 4 rings (SSSR count). The third-order valence-electron chi connectivity index (χ3n) is 4.87. The molecule has 11 heteroatoms. The van der Waals surface area contributed by atoms with Gasteiger partial charge in [0, 0.05) is 0 Å². The largest absolute Gasteiger partial charge is 2.00 e. The third kappa shape index (κ3) is 9.04. The molecule has 0 unspecified atom stereocenters. The van der Waals surface area contributed by atoms with E-state index in [0.717, 1.165) is 0 Å². The van der Waals surface area contributed by atoms with E-state index in [4.69, 9.17) is 0 Å². The molecule has 0 aliphatic heterocycles. The van der Waals surface area contributed by atoms with Crippen LogP contribution < -0.4 is 21.1 Å². The molecule has 197 valence electrons. The summed E-state index contributed by atoms with van der Waals surface area (Å²) in [5.41, 5.74) is 5.49. The Hall–Kier alpha value is -5.12.